The SMILES string of the molecule is O=C(O)CC1CCN(C(=O)C2COCCO2)CC1. The second-order valence-corrected chi connectivity index (χ2v) is 4.80. The number of nitrogens with zero attached hydrogens (tertiary/aromatic N) is 1. The van der Waals surface area contributed by atoms with E-state index in [4.69, 9.17) is 14.6 Å². The van der Waals surface area contributed by atoms with Crippen LogP contribution in [0, 0.1) is 5.92 Å². The molecule has 18 heavy (non-hydrogen) atoms. The summed E-state index contributed by atoms with van der Waals surface area (Å²) < 4.78 is 10.6. The molecule has 2 aliphatic rings. The molecule has 0 aliphatic carbocycles. The molecule has 2 rings (SSSR count). The van der Waals surface area contributed by atoms with E-state index in [1.165, 1.54) is 0 Å². The zero-order valence-electron chi connectivity index (χ0n) is 10.3. The Bertz CT molecular complexity index is 306. The van der Waals surface area contributed by atoms with Crippen LogP contribution in [0.3, 0.4) is 0 Å². The molecule has 6 nitrogen and oxygen atoms in total. The lowest BCUT2D eigenvalue weighted by molar-refractivity contribution is -0.159. The first-order chi connectivity index (χ1) is 8.66. The van der Waals surface area contributed by atoms with Crippen LogP contribution in [-0.2, 0) is 19.1 Å². The lowest BCUT2D eigenvalue weighted by Crippen LogP contribution is -2.48. The van der Waals surface area contributed by atoms with Crippen molar-refractivity contribution in [2.75, 3.05) is 32.9 Å². The van der Waals surface area contributed by atoms with E-state index in [9.17, 15) is 9.59 Å². The van der Waals surface area contributed by atoms with Gasteiger partial charge in [-0.2, -0.15) is 0 Å². The predicted molar refractivity (Wildman–Crippen MR) is 62.1 cm³/mol. The summed E-state index contributed by atoms with van der Waals surface area (Å²) in [6, 6.07) is 0. The Morgan fingerprint density at radius 1 is 1.22 bits per heavy atom. The van der Waals surface area contributed by atoms with Crippen molar-refractivity contribution in [1.82, 2.24) is 4.90 Å². The van der Waals surface area contributed by atoms with Crippen molar-refractivity contribution in [3.05, 3.63) is 0 Å². The standard InChI is InChI=1S/C12H19NO5/c14-11(15)7-9-1-3-13(4-2-9)12(16)10-8-17-5-6-18-10/h9-10H,1-8H2,(H,14,15). The highest BCUT2D eigenvalue weighted by atomic mass is 16.6. The van der Waals surface area contributed by atoms with Gasteiger partial charge in [0.05, 0.1) is 19.8 Å². The average molecular weight is 257 g/mol. The molecule has 1 atom stereocenters. The topological polar surface area (TPSA) is 76.1 Å². The van der Waals surface area contributed by atoms with Gasteiger partial charge >= 0.3 is 5.97 Å². The summed E-state index contributed by atoms with van der Waals surface area (Å²) in [7, 11) is 0. The van der Waals surface area contributed by atoms with Gasteiger partial charge < -0.3 is 19.5 Å². The predicted octanol–water partition coefficient (Wildman–Crippen LogP) is 0.115. The molecule has 0 aromatic carbocycles. The van der Waals surface area contributed by atoms with Crippen molar-refractivity contribution >= 4 is 11.9 Å². The van der Waals surface area contributed by atoms with Crippen LogP contribution in [0.25, 0.3) is 0 Å². The van der Waals surface area contributed by atoms with Gasteiger partial charge in [0.15, 0.2) is 6.10 Å². The van der Waals surface area contributed by atoms with Crippen LogP contribution in [-0.4, -0.2) is 60.9 Å². The number of rotatable bonds is 3. The highest BCUT2D eigenvalue weighted by Crippen LogP contribution is 2.21. The van der Waals surface area contributed by atoms with Crippen molar-refractivity contribution in [2.24, 2.45) is 5.92 Å². The third-order valence-corrected chi connectivity index (χ3v) is 3.48. The summed E-state index contributed by atoms with van der Waals surface area (Å²) in [5.41, 5.74) is 0. The number of piperidine rings is 1. The number of hydrogen-bond acceptors (Lipinski definition) is 4. The van der Waals surface area contributed by atoms with Crippen LogP contribution in [0.2, 0.25) is 0 Å². The molecule has 0 bridgehead atoms. The fourth-order valence-corrected chi connectivity index (χ4v) is 2.44. The quantitative estimate of drug-likeness (QED) is 0.777. The van der Waals surface area contributed by atoms with Crippen molar-refractivity contribution in [1.29, 1.82) is 0 Å². The van der Waals surface area contributed by atoms with Crippen molar-refractivity contribution in [3.8, 4) is 0 Å². The number of ether oxygens (including phenoxy) is 2. The summed E-state index contributed by atoms with van der Waals surface area (Å²) in [6.07, 6.45) is 1.23. The molecule has 2 saturated heterocycles. The van der Waals surface area contributed by atoms with Crippen LogP contribution in [0.4, 0.5) is 0 Å². The average Bonchev–Trinajstić information content (AvgIpc) is 2.39. The number of carboxylic acid groups (broad SMARTS) is 1. The molecular weight excluding hydrogens is 238 g/mol. The molecule has 2 aliphatic heterocycles. The first kappa shape index (κ1) is 13.3. The summed E-state index contributed by atoms with van der Waals surface area (Å²) in [5.74, 6) is -0.595. The van der Waals surface area contributed by atoms with E-state index in [1.807, 2.05) is 0 Å². The number of hydrogen-bond donors (Lipinski definition) is 1. The van der Waals surface area contributed by atoms with E-state index in [0.717, 1.165) is 12.8 Å². The molecule has 0 aromatic rings. The molecule has 0 spiro atoms. The molecule has 6 heteroatoms. The number of amides is 1. The summed E-state index contributed by atoms with van der Waals surface area (Å²) in [4.78, 5) is 24.5. The Balaban J connectivity index is 1.78. The van der Waals surface area contributed by atoms with Gasteiger partial charge in [0.25, 0.3) is 5.91 Å². The van der Waals surface area contributed by atoms with Crippen LogP contribution < -0.4 is 0 Å². The Kier molecular flexibility index (Phi) is 4.54. The van der Waals surface area contributed by atoms with E-state index in [2.05, 4.69) is 0 Å². The molecular formula is C12H19NO5. The largest absolute Gasteiger partial charge is 0.481 e. The number of carboxylic acids is 1. The third-order valence-electron chi connectivity index (χ3n) is 3.48. The maximum atomic E-state index is 12.1. The van der Waals surface area contributed by atoms with Crippen LogP contribution in [0.1, 0.15) is 19.3 Å². The molecule has 0 aromatic heterocycles. The van der Waals surface area contributed by atoms with Gasteiger partial charge in [-0.05, 0) is 18.8 Å². The van der Waals surface area contributed by atoms with Gasteiger partial charge in [0, 0.05) is 19.5 Å². The number of likely N-dealkylation sites (tertiary alicyclic amines) is 1. The van der Waals surface area contributed by atoms with Crippen LogP contribution >= 0.6 is 0 Å². The monoisotopic (exact) mass is 257 g/mol. The van der Waals surface area contributed by atoms with Gasteiger partial charge in [0.2, 0.25) is 0 Å². The molecule has 2 heterocycles. The van der Waals surface area contributed by atoms with Crippen molar-refractivity contribution in [3.63, 3.8) is 0 Å². The van der Waals surface area contributed by atoms with Gasteiger partial charge in [-0.25, -0.2) is 0 Å². The Morgan fingerprint density at radius 2 is 1.94 bits per heavy atom. The summed E-state index contributed by atoms with van der Waals surface area (Å²) >= 11 is 0. The van der Waals surface area contributed by atoms with Crippen LogP contribution in [0.15, 0.2) is 0 Å². The zero-order valence-corrected chi connectivity index (χ0v) is 10.3. The smallest absolute Gasteiger partial charge is 0.303 e. The lowest BCUT2D eigenvalue weighted by atomic mass is 9.93. The van der Waals surface area contributed by atoms with E-state index in [0.29, 0.717) is 32.9 Å². The second kappa shape index (κ2) is 6.15. The van der Waals surface area contributed by atoms with E-state index in [1.54, 1.807) is 4.90 Å². The minimum Gasteiger partial charge on any atom is -0.481 e. The maximum Gasteiger partial charge on any atom is 0.303 e. The minimum atomic E-state index is -0.760. The first-order valence-electron chi connectivity index (χ1n) is 6.36. The lowest BCUT2D eigenvalue weighted by Gasteiger charge is -2.34. The fraction of sp³-hybridized carbons (Fsp3) is 0.833. The van der Waals surface area contributed by atoms with Gasteiger partial charge in [-0.15, -0.1) is 0 Å². The van der Waals surface area contributed by atoms with Crippen molar-refractivity contribution in [2.45, 2.75) is 25.4 Å². The summed E-state index contributed by atoms with van der Waals surface area (Å²) in [5, 5.41) is 8.73. The summed E-state index contributed by atoms with van der Waals surface area (Å²) in [6.45, 7) is 2.58. The minimum absolute atomic E-state index is 0.0246. The van der Waals surface area contributed by atoms with Gasteiger partial charge in [-0.1, -0.05) is 0 Å². The van der Waals surface area contributed by atoms with Crippen molar-refractivity contribution < 1.29 is 24.2 Å². The molecule has 1 unspecified atom stereocenters. The Labute approximate surface area is 106 Å². The molecule has 2 fully saturated rings. The zero-order chi connectivity index (χ0) is 13.0. The van der Waals surface area contributed by atoms with E-state index < -0.39 is 12.1 Å². The highest BCUT2D eigenvalue weighted by Gasteiger charge is 2.30. The van der Waals surface area contributed by atoms with E-state index >= 15 is 0 Å². The first-order valence-corrected chi connectivity index (χ1v) is 6.36. The highest BCUT2D eigenvalue weighted by molar-refractivity contribution is 5.81. The molecule has 1 N–H and O–H groups in total. The van der Waals surface area contributed by atoms with Crippen LogP contribution in [0.5, 0.6) is 0 Å². The Hall–Kier alpha value is -1.14. The molecule has 1 amide bonds. The second-order valence-electron chi connectivity index (χ2n) is 4.80. The number of aliphatic carboxylic acids is 1. The molecule has 0 radical (unpaired) electrons. The Morgan fingerprint density at radius 3 is 2.50 bits per heavy atom. The molecule has 102 valence electrons. The fourth-order valence-electron chi connectivity index (χ4n) is 2.44. The van der Waals surface area contributed by atoms with E-state index in [-0.39, 0.29) is 18.2 Å². The number of carbonyl (C=O) groups is 2. The normalized spacial score (nSPS) is 26.0. The van der Waals surface area contributed by atoms with Gasteiger partial charge in [-0.3, -0.25) is 9.59 Å². The van der Waals surface area contributed by atoms with Gasteiger partial charge in [0.1, 0.15) is 0 Å². The maximum absolute atomic E-state index is 12.1. The third kappa shape index (κ3) is 3.43. The molecule has 0 saturated carbocycles. The number of carbonyl (C=O) groups excluding carboxylic acids is 1.